The van der Waals surface area contributed by atoms with Crippen LogP contribution in [0.1, 0.15) is 35.1 Å². The smallest absolute Gasteiger partial charge is 0.408 e. The maximum absolute atomic E-state index is 13.0. The first kappa shape index (κ1) is 23.0. The zero-order valence-electron chi connectivity index (χ0n) is 18.8. The van der Waals surface area contributed by atoms with Crippen molar-refractivity contribution in [3.05, 3.63) is 95.6 Å². The van der Waals surface area contributed by atoms with Crippen LogP contribution in [0.25, 0.3) is 11.1 Å². The minimum absolute atomic E-state index is 0.0316. The number of alkyl carbamates (subject to hydrolysis) is 1. The molecule has 0 spiro atoms. The van der Waals surface area contributed by atoms with Crippen molar-refractivity contribution in [2.75, 3.05) is 20.2 Å². The van der Waals surface area contributed by atoms with Gasteiger partial charge in [-0.05, 0) is 27.8 Å². The van der Waals surface area contributed by atoms with E-state index in [1.54, 1.807) is 24.3 Å². The summed E-state index contributed by atoms with van der Waals surface area (Å²) < 4.78 is 5.60. The summed E-state index contributed by atoms with van der Waals surface area (Å²) in [5, 5.41) is 11.6. The van der Waals surface area contributed by atoms with E-state index in [1.165, 1.54) is 11.9 Å². The van der Waals surface area contributed by atoms with Gasteiger partial charge in [0, 0.05) is 19.5 Å². The summed E-state index contributed by atoms with van der Waals surface area (Å²) in [5.74, 6) is -1.51. The summed E-state index contributed by atoms with van der Waals surface area (Å²) in [7, 11) is 1.51. The van der Waals surface area contributed by atoms with E-state index in [0.717, 1.165) is 22.3 Å². The highest BCUT2D eigenvalue weighted by atomic mass is 16.5. The number of hydrogen-bond donors (Lipinski definition) is 2. The summed E-state index contributed by atoms with van der Waals surface area (Å²) in [4.78, 5) is 38.0. The number of carboxylic acids is 1. The van der Waals surface area contributed by atoms with E-state index >= 15 is 0 Å². The van der Waals surface area contributed by atoms with Gasteiger partial charge in [-0.1, -0.05) is 78.9 Å². The number of amides is 2. The molecule has 0 aromatic heterocycles. The van der Waals surface area contributed by atoms with Crippen molar-refractivity contribution in [1.82, 2.24) is 10.2 Å². The quantitative estimate of drug-likeness (QED) is 0.528. The van der Waals surface area contributed by atoms with Crippen molar-refractivity contribution >= 4 is 18.0 Å². The second-order valence-electron chi connectivity index (χ2n) is 8.22. The maximum Gasteiger partial charge on any atom is 0.408 e. The number of ether oxygens (including phenoxy) is 1. The second-order valence-corrected chi connectivity index (χ2v) is 8.22. The fourth-order valence-corrected chi connectivity index (χ4v) is 4.28. The third kappa shape index (κ3) is 4.93. The number of nitrogens with one attached hydrogen (secondary N) is 1. The van der Waals surface area contributed by atoms with E-state index in [1.807, 2.05) is 42.5 Å². The van der Waals surface area contributed by atoms with Gasteiger partial charge in [-0.2, -0.15) is 0 Å². The molecule has 1 atom stereocenters. The van der Waals surface area contributed by atoms with Crippen molar-refractivity contribution < 1.29 is 24.2 Å². The lowest BCUT2D eigenvalue weighted by Gasteiger charge is -2.24. The van der Waals surface area contributed by atoms with Gasteiger partial charge in [0.2, 0.25) is 5.91 Å². The average molecular weight is 459 g/mol. The molecule has 34 heavy (non-hydrogen) atoms. The van der Waals surface area contributed by atoms with Gasteiger partial charge in [-0.15, -0.1) is 0 Å². The van der Waals surface area contributed by atoms with E-state index in [9.17, 15) is 14.4 Å². The fraction of sp³-hybridized carbons (Fsp3) is 0.222. The summed E-state index contributed by atoms with van der Waals surface area (Å²) in [5.41, 5.74) is 5.04. The molecular weight excluding hydrogens is 432 g/mol. The molecule has 0 fully saturated rings. The highest BCUT2D eigenvalue weighted by molar-refractivity contribution is 5.87. The molecule has 0 saturated carbocycles. The van der Waals surface area contributed by atoms with Crippen molar-refractivity contribution in [3.63, 3.8) is 0 Å². The van der Waals surface area contributed by atoms with Crippen molar-refractivity contribution in [2.45, 2.75) is 18.4 Å². The number of carbonyl (C=O) groups is 3. The highest BCUT2D eigenvalue weighted by Crippen LogP contribution is 2.44. The number of aliphatic carboxylic acids is 1. The van der Waals surface area contributed by atoms with E-state index in [-0.39, 0.29) is 25.5 Å². The summed E-state index contributed by atoms with van der Waals surface area (Å²) in [6.07, 6.45) is -0.898. The molecule has 0 radical (unpaired) electrons. The van der Waals surface area contributed by atoms with E-state index in [2.05, 4.69) is 17.4 Å². The minimum Gasteiger partial charge on any atom is -0.481 e. The lowest BCUT2D eigenvalue weighted by Crippen LogP contribution is -2.42. The predicted molar refractivity (Wildman–Crippen MR) is 127 cm³/mol. The van der Waals surface area contributed by atoms with Crippen LogP contribution in [-0.2, 0) is 14.3 Å². The Morgan fingerprint density at radius 2 is 1.47 bits per heavy atom. The Bertz CT molecular complexity index is 1150. The number of likely N-dealkylation sites (N-methyl/N-ethyl adjacent to an activating group) is 1. The molecule has 0 heterocycles. The fourth-order valence-electron chi connectivity index (χ4n) is 4.28. The van der Waals surface area contributed by atoms with Gasteiger partial charge in [0.05, 0.1) is 6.42 Å². The van der Waals surface area contributed by atoms with Crippen LogP contribution in [0.4, 0.5) is 4.79 Å². The number of benzene rings is 3. The summed E-state index contributed by atoms with van der Waals surface area (Å²) >= 11 is 0. The van der Waals surface area contributed by atoms with Crippen LogP contribution in [-0.4, -0.2) is 48.2 Å². The molecule has 4 rings (SSSR count). The molecule has 0 bridgehead atoms. The third-order valence-corrected chi connectivity index (χ3v) is 6.02. The Kier molecular flexibility index (Phi) is 6.92. The molecule has 0 aliphatic heterocycles. The Hall–Kier alpha value is -4.13. The highest BCUT2D eigenvalue weighted by Gasteiger charge is 2.30. The molecule has 3 aromatic rings. The zero-order chi connectivity index (χ0) is 24.1. The topological polar surface area (TPSA) is 95.9 Å². The first-order chi connectivity index (χ1) is 16.5. The van der Waals surface area contributed by atoms with Crippen LogP contribution < -0.4 is 5.32 Å². The Morgan fingerprint density at radius 3 is 2.06 bits per heavy atom. The molecule has 1 aliphatic rings. The van der Waals surface area contributed by atoms with Gasteiger partial charge >= 0.3 is 12.1 Å². The van der Waals surface area contributed by atoms with Crippen LogP contribution in [0, 0.1) is 0 Å². The Morgan fingerprint density at radius 1 is 0.912 bits per heavy atom. The number of rotatable bonds is 8. The van der Waals surface area contributed by atoms with Crippen LogP contribution in [0.15, 0.2) is 78.9 Å². The van der Waals surface area contributed by atoms with Crippen LogP contribution >= 0.6 is 0 Å². The van der Waals surface area contributed by atoms with Gasteiger partial charge in [0.15, 0.2) is 0 Å². The first-order valence-electron chi connectivity index (χ1n) is 11.1. The van der Waals surface area contributed by atoms with Gasteiger partial charge in [-0.25, -0.2) is 4.79 Å². The lowest BCUT2D eigenvalue weighted by molar-refractivity contribution is -0.138. The number of hydrogen-bond acceptors (Lipinski definition) is 4. The third-order valence-electron chi connectivity index (χ3n) is 6.02. The van der Waals surface area contributed by atoms with Gasteiger partial charge in [-0.3, -0.25) is 9.59 Å². The standard InChI is InChI=1S/C27H26N2O5/c1-29(16-15-24(30)31)26(32)25(18-9-3-2-4-10-18)28-27(33)34-17-23-21-13-7-5-11-19(21)20-12-6-8-14-22(20)23/h2-14,23,25H,15-17H2,1H3,(H,28,33)(H,30,31). The number of nitrogens with zero attached hydrogens (tertiary/aromatic N) is 1. The molecule has 2 N–H and O–H groups in total. The molecule has 1 aliphatic carbocycles. The molecule has 1 unspecified atom stereocenters. The Labute approximate surface area is 198 Å². The van der Waals surface area contributed by atoms with E-state index in [4.69, 9.17) is 9.84 Å². The number of carboxylic acid groups (broad SMARTS) is 1. The summed E-state index contributed by atoms with van der Waals surface area (Å²) in [6, 6.07) is 23.9. The first-order valence-corrected chi connectivity index (χ1v) is 11.1. The molecule has 0 saturated heterocycles. The predicted octanol–water partition coefficient (Wildman–Crippen LogP) is 4.20. The van der Waals surface area contributed by atoms with Crippen molar-refractivity contribution in [3.8, 4) is 11.1 Å². The maximum atomic E-state index is 13.0. The van der Waals surface area contributed by atoms with Crippen LogP contribution in [0.3, 0.4) is 0 Å². The van der Waals surface area contributed by atoms with Crippen molar-refractivity contribution in [2.24, 2.45) is 0 Å². The van der Waals surface area contributed by atoms with Gasteiger partial charge in [0.25, 0.3) is 0 Å². The second kappa shape index (κ2) is 10.2. The minimum atomic E-state index is -1.000. The van der Waals surface area contributed by atoms with E-state index < -0.39 is 24.0 Å². The molecule has 174 valence electrons. The average Bonchev–Trinajstić information content (AvgIpc) is 3.18. The van der Waals surface area contributed by atoms with Gasteiger partial charge in [0.1, 0.15) is 12.6 Å². The lowest BCUT2D eigenvalue weighted by atomic mass is 9.98. The molecular formula is C27H26N2O5. The molecule has 2 amide bonds. The SMILES string of the molecule is CN(CCC(=O)O)C(=O)C(NC(=O)OCC1c2ccccc2-c2ccccc21)c1ccccc1. The molecule has 7 heteroatoms. The normalized spacial score (nSPS) is 12.9. The van der Waals surface area contributed by atoms with Crippen LogP contribution in [0.2, 0.25) is 0 Å². The number of carbonyl (C=O) groups excluding carboxylic acids is 2. The van der Waals surface area contributed by atoms with Gasteiger partial charge < -0.3 is 20.1 Å². The van der Waals surface area contributed by atoms with Crippen LogP contribution in [0.5, 0.6) is 0 Å². The Balaban J connectivity index is 1.47. The van der Waals surface area contributed by atoms with Crippen molar-refractivity contribution in [1.29, 1.82) is 0 Å². The zero-order valence-corrected chi connectivity index (χ0v) is 18.8. The molecule has 7 nitrogen and oxygen atoms in total. The number of fused-ring (bicyclic) bond motifs is 3. The largest absolute Gasteiger partial charge is 0.481 e. The summed E-state index contributed by atoms with van der Waals surface area (Å²) in [6.45, 7) is 0.161. The van der Waals surface area contributed by atoms with E-state index in [0.29, 0.717) is 5.56 Å². The molecule has 3 aromatic carbocycles. The monoisotopic (exact) mass is 458 g/mol.